The summed E-state index contributed by atoms with van der Waals surface area (Å²) < 4.78 is 42.9. The summed E-state index contributed by atoms with van der Waals surface area (Å²) in [7, 11) is 0. The fourth-order valence-corrected chi connectivity index (χ4v) is 5.49. The van der Waals surface area contributed by atoms with Crippen molar-refractivity contribution < 1.29 is 32.6 Å². The number of hydrogen-bond acceptors (Lipinski definition) is 7. The molecule has 2 heterocycles. The minimum Gasteiger partial charge on any atom is -0.489 e. The molecule has 0 bridgehead atoms. The SMILES string of the molecule is O=C(CN1CCCC1C(=O)OC(Cc1c(Cl)cncc1Cl)c1ccc(OC(F)F)c(OCC2CC2)c1)c1ccccc1. The topological polar surface area (TPSA) is 78.0 Å². The predicted octanol–water partition coefficient (Wildman–Crippen LogP) is 6.95. The molecule has 42 heavy (non-hydrogen) atoms. The lowest BCUT2D eigenvalue weighted by Gasteiger charge is -2.26. The zero-order chi connectivity index (χ0) is 29.6. The van der Waals surface area contributed by atoms with E-state index in [1.807, 2.05) is 11.0 Å². The Balaban J connectivity index is 1.40. The molecule has 1 saturated carbocycles. The van der Waals surface area contributed by atoms with Crippen LogP contribution < -0.4 is 9.47 Å². The Morgan fingerprint density at radius 3 is 2.43 bits per heavy atom. The van der Waals surface area contributed by atoms with Crippen LogP contribution in [0, 0.1) is 5.92 Å². The lowest BCUT2D eigenvalue weighted by Crippen LogP contribution is -2.40. The first-order chi connectivity index (χ1) is 20.3. The summed E-state index contributed by atoms with van der Waals surface area (Å²) in [5.41, 5.74) is 1.58. The molecule has 0 spiro atoms. The Morgan fingerprint density at radius 1 is 1.00 bits per heavy atom. The molecule has 2 atom stereocenters. The third-order valence-electron chi connectivity index (χ3n) is 7.41. The summed E-state index contributed by atoms with van der Waals surface area (Å²) in [5.74, 6) is -0.213. The van der Waals surface area contributed by atoms with Crippen molar-refractivity contribution in [3.63, 3.8) is 0 Å². The van der Waals surface area contributed by atoms with Crippen molar-refractivity contribution in [2.24, 2.45) is 5.92 Å². The van der Waals surface area contributed by atoms with Crippen LogP contribution in [0.2, 0.25) is 10.0 Å². The van der Waals surface area contributed by atoms with Gasteiger partial charge in [-0.1, -0.05) is 59.6 Å². The van der Waals surface area contributed by atoms with Crippen LogP contribution >= 0.6 is 23.2 Å². The van der Waals surface area contributed by atoms with Crippen LogP contribution in [0.1, 0.15) is 53.3 Å². The number of hydrogen-bond donors (Lipinski definition) is 0. The number of ether oxygens (including phenoxy) is 3. The van der Waals surface area contributed by atoms with Gasteiger partial charge in [-0.05, 0) is 61.4 Å². The average Bonchev–Trinajstić information content (AvgIpc) is 3.69. The second kappa shape index (κ2) is 13.8. The molecule has 5 rings (SSSR count). The molecule has 2 aromatic carbocycles. The Kier molecular flexibility index (Phi) is 9.92. The molecule has 2 unspecified atom stereocenters. The Bertz CT molecular complexity index is 1390. The summed E-state index contributed by atoms with van der Waals surface area (Å²) in [4.78, 5) is 32.3. The molecule has 7 nitrogen and oxygen atoms in total. The average molecular weight is 619 g/mol. The molecule has 11 heteroatoms. The van der Waals surface area contributed by atoms with Gasteiger partial charge in [-0.25, -0.2) is 0 Å². The summed E-state index contributed by atoms with van der Waals surface area (Å²) in [6.07, 6.45) is 5.36. The highest BCUT2D eigenvalue weighted by Gasteiger charge is 2.35. The van der Waals surface area contributed by atoms with Gasteiger partial charge in [-0.3, -0.25) is 19.5 Å². The highest BCUT2D eigenvalue weighted by atomic mass is 35.5. The van der Waals surface area contributed by atoms with E-state index in [-0.39, 0.29) is 30.2 Å². The van der Waals surface area contributed by atoms with E-state index in [2.05, 4.69) is 9.72 Å². The smallest absolute Gasteiger partial charge is 0.387 e. The molecule has 1 aliphatic carbocycles. The van der Waals surface area contributed by atoms with Crippen LogP contribution in [0.25, 0.3) is 0 Å². The minimum absolute atomic E-state index is 0.0786. The van der Waals surface area contributed by atoms with Crippen LogP contribution in [0.5, 0.6) is 11.5 Å². The molecule has 2 fully saturated rings. The van der Waals surface area contributed by atoms with E-state index in [0.29, 0.717) is 52.2 Å². The number of ketones is 1. The number of alkyl halides is 2. The quantitative estimate of drug-likeness (QED) is 0.151. The number of likely N-dealkylation sites (tertiary alicyclic amines) is 1. The molecule has 2 aliphatic rings. The van der Waals surface area contributed by atoms with Crippen LogP contribution in [-0.2, 0) is 16.0 Å². The van der Waals surface area contributed by atoms with Gasteiger partial charge in [0.15, 0.2) is 17.3 Å². The van der Waals surface area contributed by atoms with E-state index in [4.69, 9.17) is 32.7 Å². The third kappa shape index (κ3) is 7.76. The molecule has 0 N–H and O–H groups in total. The lowest BCUT2D eigenvalue weighted by molar-refractivity contribution is -0.154. The maximum atomic E-state index is 13.6. The van der Waals surface area contributed by atoms with Crippen molar-refractivity contribution in [3.05, 3.63) is 87.7 Å². The molecule has 1 saturated heterocycles. The monoisotopic (exact) mass is 618 g/mol. The maximum absolute atomic E-state index is 13.6. The van der Waals surface area contributed by atoms with Gasteiger partial charge < -0.3 is 14.2 Å². The van der Waals surface area contributed by atoms with Crippen molar-refractivity contribution >= 4 is 35.0 Å². The van der Waals surface area contributed by atoms with E-state index < -0.39 is 24.7 Å². The standard InChI is InChI=1S/C31H30Cl2F2N2O5/c32-23-15-36-16-24(33)22(23)14-28(21-10-11-27(42-31(34)35)29(13-21)40-18-19-8-9-19)41-30(39)25-7-4-12-37(25)17-26(38)20-5-2-1-3-6-20/h1-3,5-6,10-11,13,15-16,19,25,28,31H,4,7-9,12,14,17-18H2. The molecule has 222 valence electrons. The third-order valence-corrected chi connectivity index (χ3v) is 8.06. The fraction of sp³-hybridized carbons (Fsp3) is 0.387. The maximum Gasteiger partial charge on any atom is 0.387 e. The van der Waals surface area contributed by atoms with Gasteiger partial charge in [0.25, 0.3) is 0 Å². The second-order valence-electron chi connectivity index (χ2n) is 10.5. The zero-order valence-corrected chi connectivity index (χ0v) is 24.2. The lowest BCUT2D eigenvalue weighted by atomic mass is 10.0. The minimum atomic E-state index is -3.03. The summed E-state index contributed by atoms with van der Waals surface area (Å²) in [5, 5.41) is 0.588. The van der Waals surface area contributed by atoms with E-state index in [9.17, 15) is 18.4 Å². The number of pyridine rings is 1. The molecule has 1 aromatic heterocycles. The Hall–Kier alpha value is -3.27. The van der Waals surface area contributed by atoms with Crippen molar-refractivity contribution in [1.82, 2.24) is 9.88 Å². The highest BCUT2D eigenvalue weighted by molar-refractivity contribution is 6.35. The van der Waals surface area contributed by atoms with E-state index in [1.54, 1.807) is 36.4 Å². The normalized spacial score (nSPS) is 17.7. The number of carbonyl (C=O) groups excluding carboxylic acids is 2. The second-order valence-corrected chi connectivity index (χ2v) is 11.3. The van der Waals surface area contributed by atoms with Crippen LogP contribution in [0.3, 0.4) is 0 Å². The van der Waals surface area contributed by atoms with Crippen LogP contribution in [0.4, 0.5) is 8.78 Å². The molecule has 1 aliphatic heterocycles. The Morgan fingerprint density at radius 2 is 1.74 bits per heavy atom. The van der Waals surface area contributed by atoms with Gasteiger partial charge in [0.2, 0.25) is 0 Å². The number of carbonyl (C=O) groups is 2. The number of Topliss-reactive ketones (excluding diaryl/α,β-unsaturated/α-hetero) is 1. The molecular weight excluding hydrogens is 589 g/mol. The fourth-order valence-electron chi connectivity index (χ4n) is 4.97. The zero-order valence-electron chi connectivity index (χ0n) is 22.7. The van der Waals surface area contributed by atoms with Crippen molar-refractivity contribution in [2.45, 2.75) is 50.9 Å². The van der Waals surface area contributed by atoms with E-state index in [1.165, 1.54) is 18.5 Å². The highest BCUT2D eigenvalue weighted by Crippen LogP contribution is 2.38. The first-order valence-electron chi connectivity index (χ1n) is 13.8. The van der Waals surface area contributed by atoms with Crippen LogP contribution in [0.15, 0.2) is 60.9 Å². The number of benzene rings is 2. The van der Waals surface area contributed by atoms with Gasteiger partial charge in [0, 0.05) is 24.4 Å². The number of aromatic nitrogens is 1. The summed E-state index contributed by atoms with van der Waals surface area (Å²) in [6.45, 7) is -2.02. The number of esters is 1. The van der Waals surface area contributed by atoms with E-state index >= 15 is 0 Å². The number of halogens is 4. The van der Waals surface area contributed by atoms with Gasteiger partial charge in [0.1, 0.15) is 12.1 Å². The molecule has 0 radical (unpaired) electrons. The number of rotatable bonds is 13. The summed E-state index contributed by atoms with van der Waals surface area (Å²) in [6, 6.07) is 12.8. The summed E-state index contributed by atoms with van der Waals surface area (Å²) >= 11 is 12.8. The largest absolute Gasteiger partial charge is 0.489 e. The predicted molar refractivity (Wildman–Crippen MR) is 153 cm³/mol. The first-order valence-corrected chi connectivity index (χ1v) is 14.6. The van der Waals surface area contributed by atoms with E-state index in [0.717, 1.165) is 19.3 Å². The van der Waals surface area contributed by atoms with Gasteiger partial charge >= 0.3 is 12.6 Å². The van der Waals surface area contributed by atoms with Gasteiger partial charge in [-0.15, -0.1) is 0 Å². The van der Waals surface area contributed by atoms with Crippen molar-refractivity contribution in [1.29, 1.82) is 0 Å². The first kappa shape index (κ1) is 30.2. The van der Waals surface area contributed by atoms with Gasteiger partial charge in [0.05, 0.1) is 23.2 Å². The van der Waals surface area contributed by atoms with Crippen molar-refractivity contribution in [3.8, 4) is 11.5 Å². The number of nitrogens with zero attached hydrogens (tertiary/aromatic N) is 2. The van der Waals surface area contributed by atoms with Crippen molar-refractivity contribution in [2.75, 3.05) is 19.7 Å². The molecular formula is C31H30Cl2F2N2O5. The Labute approximate surface area is 252 Å². The van der Waals surface area contributed by atoms with Crippen LogP contribution in [-0.4, -0.2) is 54.0 Å². The molecule has 0 amide bonds. The van der Waals surface area contributed by atoms with Gasteiger partial charge in [-0.2, -0.15) is 8.78 Å². The molecule has 3 aromatic rings.